The molecule has 10 nitrogen and oxygen atoms in total. The Morgan fingerprint density at radius 2 is 1.82 bits per heavy atom. The van der Waals surface area contributed by atoms with Crippen LogP contribution in [0, 0.1) is 0 Å². The standard InChI is InChI=1S/C26H31F3N6O4S/c1-39-14-15-40(37,38)32-25(36)20-16-21(34-12-10-33(11-13-34)17-26(27,28)29)22-23(18-6-5-7-18)31-35(24(22)30-20)19-8-3-2-4-9-19/h2-4,8-9,16,18H,5-7,10-15,17H2,1H3,(H,32,36). The van der Waals surface area contributed by atoms with Gasteiger partial charge in [-0.25, -0.2) is 22.8 Å². The van der Waals surface area contributed by atoms with E-state index in [-0.39, 0.29) is 31.3 Å². The number of rotatable bonds is 9. The van der Waals surface area contributed by atoms with Crippen molar-refractivity contribution in [2.45, 2.75) is 31.4 Å². The molecule has 0 radical (unpaired) electrons. The van der Waals surface area contributed by atoms with Gasteiger partial charge in [0.15, 0.2) is 5.65 Å². The molecule has 1 saturated heterocycles. The van der Waals surface area contributed by atoms with Crippen LogP contribution < -0.4 is 9.62 Å². The third-order valence-corrected chi connectivity index (χ3v) is 8.49. The molecule has 1 amide bonds. The van der Waals surface area contributed by atoms with Crippen LogP contribution in [0.4, 0.5) is 18.9 Å². The Bertz CT molecular complexity index is 1470. The normalized spacial score (nSPS) is 17.2. The van der Waals surface area contributed by atoms with Gasteiger partial charge in [-0.2, -0.15) is 18.3 Å². The molecular formula is C26H31F3N6O4S. The Morgan fingerprint density at radius 1 is 1.12 bits per heavy atom. The number of carbonyl (C=O) groups is 1. The summed E-state index contributed by atoms with van der Waals surface area (Å²) in [6.45, 7) is -0.122. The zero-order chi connectivity index (χ0) is 28.5. The van der Waals surface area contributed by atoms with E-state index in [0.29, 0.717) is 24.4 Å². The Hall–Kier alpha value is -3.23. The summed E-state index contributed by atoms with van der Waals surface area (Å²) in [5, 5.41) is 5.65. The van der Waals surface area contributed by atoms with E-state index in [1.165, 1.54) is 18.1 Å². The Morgan fingerprint density at radius 3 is 2.42 bits per heavy atom. The predicted molar refractivity (Wildman–Crippen MR) is 143 cm³/mol. The lowest BCUT2D eigenvalue weighted by molar-refractivity contribution is -0.146. The Balaban J connectivity index is 1.60. The number of carbonyl (C=O) groups excluding carboxylic acids is 1. The summed E-state index contributed by atoms with van der Waals surface area (Å²) in [6, 6.07) is 10.8. The van der Waals surface area contributed by atoms with Crippen molar-refractivity contribution in [1.29, 1.82) is 0 Å². The van der Waals surface area contributed by atoms with Crippen LogP contribution in [-0.2, 0) is 14.8 Å². The van der Waals surface area contributed by atoms with Gasteiger partial charge in [0, 0.05) is 39.2 Å². The molecule has 14 heteroatoms. The molecule has 0 unspecified atom stereocenters. The number of pyridine rings is 1. The number of benzene rings is 1. The first kappa shape index (κ1) is 28.3. The first-order valence-corrected chi connectivity index (χ1v) is 14.8. The molecule has 216 valence electrons. The van der Waals surface area contributed by atoms with Crippen LogP contribution in [0.5, 0.6) is 0 Å². The van der Waals surface area contributed by atoms with E-state index in [9.17, 15) is 26.4 Å². The van der Waals surface area contributed by atoms with Crippen LogP contribution in [0.15, 0.2) is 36.4 Å². The number of para-hydroxylation sites is 1. The second-order valence-electron chi connectivity index (χ2n) is 10.1. The van der Waals surface area contributed by atoms with Gasteiger partial charge in [-0.05, 0) is 31.0 Å². The molecule has 2 aliphatic rings. The van der Waals surface area contributed by atoms with Crippen LogP contribution >= 0.6 is 0 Å². The van der Waals surface area contributed by atoms with E-state index in [1.807, 2.05) is 35.2 Å². The van der Waals surface area contributed by atoms with Crippen molar-refractivity contribution in [1.82, 2.24) is 24.4 Å². The Kier molecular flexibility index (Phi) is 8.02. The smallest absolute Gasteiger partial charge is 0.384 e. The van der Waals surface area contributed by atoms with Crippen molar-refractivity contribution in [2.24, 2.45) is 0 Å². The van der Waals surface area contributed by atoms with Crippen LogP contribution in [0.25, 0.3) is 16.7 Å². The van der Waals surface area contributed by atoms with E-state index in [2.05, 4.69) is 9.71 Å². The average Bonchev–Trinajstić information content (AvgIpc) is 3.25. The molecule has 0 atom stereocenters. The van der Waals surface area contributed by atoms with E-state index in [0.717, 1.165) is 36.0 Å². The zero-order valence-corrected chi connectivity index (χ0v) is 22.8. The molecule has 2 fully saturated rings. The second-order valence-corrected chi connectivity index (χ2v) is 11.9. The number of nitrogens with one attached hydrogen (secondary N) is 1. The minimum Gasteiger partial charge on any atom is -0.384 e. The van der Waals surface area contributed by atoms with E-state index < -0.39 is 34.4 Å². The lowest BCUT2D eigenvalue weighted by Crippen LogP contribution is -2.49. The fourth-order valence-electron chi connectivity index (χ4n) is 5.04. The van der Waals surface area contributed by atoms with Crippen molar-refractivity contribution in [2.75, 3.05) is 57.1 Å². The third kappa shape index (κ3) is 6.23. The number of anilines is 1. The lowest BCUT2D eigenvalue weighted by atomic mass is 9.82. The average molecular weight is 581 g/mol. The molecule has 1 aromatic carbocycles. The summed E-state index contributed by atoms with van der Waals surface area (Å²) in [7, 11) is -2.63. The maximum atomic E-state index is 13.2. The molecule has 1 saturated carbocycles. The van der Waals surface area contributed by atoms with Gasteiger partial charge in [0.05, 0.1) is 41.4 Å². The first-order chi connectivity index (χ1) is 19.0. The van der Waals surface area contributed by atoms with Crippen molar-refractivity contribution in [3.8, 4) is 5.69 Å². The van der Waals surface area contributed by atoms with Gasteiger partial charge in [-0.3, -0.25) is 9.69 Å². The SMILES string of the molecule is COCCS(=O)(=O)NC(=O)c1cc(N2CCN(CC(F)(F)F)CC2)c2c(C3CCC3)nn(-c3ccccc3)c2n1. The molecule has 1 aliphatic carbocycles. The minimum absolute atomic E-state index is 0.0892. The van der Waals surface area contributed by atoms with Crippen LogP contribution in [-0.4, -0.2) is 92.4 Å². The molecular weight excluding hydrogens is 549 g/mol. The molecule has 0 spiro atoms. The van der Waals surface area contributed by atoms with Gasteiger partial charge in [-0.15, -0.1) is 0 Å². The monoisotopic (exact) mass is 580 g/mol. The maximum absolute atomic E-state index is 13.2. The number of amides is 1. The topological polar surface area (TPSA) is 110 Å². The van der Waals surface area contributed by atoms with Crippen LogP contribution in [0.2, 0.25) is 0 Å². The Labute approximate surface area is 230 Å². The quantitative estimate of drug-likeness (QED) is 0.412. The van der Waals surface area contributed by atoms with Gasteiger partial charge in [-0.1, -0.05) is 24.6 Å². The van der Waals surface area contributed by atoms with Crippen LogP contribution in [0.1, 0.15) is 41.4 Å². The van der Waals surface area contributed by atoms with Gasteiger partial charge in [0.25, 0.3) is 5.91 Å². The van der Waals surface area contributed by atoms with Crippen molar-refractivity contribution >= 4 is 32.7 Å². The summed E-state index contributed by atoms with van der Waals surface area (Å²) in [5.74, 6) is -1.12. The number of aromatic nitrogens is 3. The summed E-state index contributed by atoms with van der Waals surface area (Å²) in [6.07, 6.45) is -1.34. The molecule has 0 bridgehead atoms. The number of fused-ring (bicyclic) bond motifs is 1. The summed E-state index contributed by atoms with van der Waals surface area (Å²) < 4.78 is 72.4. The van der Waals surface area contributed by atoms with Crippen LogP contribution in [0.3, 0.4) is 0 Å². The number of alkyl halides is 3. The first-order valence-electron chi connectivity index (χ1n) is 13.1. The van der Waals surface area contributed by atoms with Gasteiger partial charge < -0.3 is 9.64 Å². The molecule has 2 aromatic heterocycles. The van der Waals surface area contributed by atoms with Gasteiger partial charge >= 0.3 is 6.18 Å². The third-order valence-electron chi connectivity index (χ3n) is 7.29. The summed E-state index contributed by atoms with van der Waals surface area (Å²) in [4.78, 5) is 21.1. The second kappa shape index (κ2) is 11.3. The van der Waals surface area contributed by atoms with E-state index in [4.69, 9.17) is 9.84 Å². The largest absolute Gasteiger partial charge is 0.401 e. The highest BCUT2D eigenvalue weighted by atomic mass is 32.2. The number of hydrogen-bond donors (Lipinski definition) is 1. The predicted octanol–water partition coefficient (Wildman–Crippen LogP) is 3.08. The highest BCUT2D eigenvalue weighted by molar-refractivity contribution is 7.90. The number of hydrogen-bond acceptors (Lipinski definition) is 8. The molecule has 1 aliphatic heterocycles. The summed E-state index contributed by atoms with van der Waals surface area (Å²) in [5.41, 5.74) is 2.42. The highest BCUT2D eigenvalue weighted by Gasteiger charge is 2.34. The van der Waals surface area contributed by atoms with E-state index >= 15 is 0 Å². The summed E-state index contributed by atoms with van der Waals surface area (Å²) >= 11 is 0. The number of nitrogens with zero attached hydrogens (tertiary/aromatic N) is 5. The van der Waals surface area contributed by atoms with Crippen molar-refractivity contribution in [3.63, 3.8) is 0 Å². The van der Waals surface area contributed by atoms with Crippen molar-refractivity contribution in [3.05, 3.63) is 47.8 Å². The number of sulfonamides is 1. The van der Waals surface area contributed by atoms with Gasteiger partial charge in [0.1, 0.15) is 5.69 Å². The fraction of sp³-hybridized carbons (Fsp3) is 0.500. The van der Waals surface area contributed by atoms with Crippen molar-refractivity contribution < 1.29 is 31.1 Å². The molecule has 3 aromatic rings. The maximum Gasteiger partial charge on any atom is 0.401 e. The minimum atomic E-state index is -4.29. The molecule has 1 N–H and O–H groups in total. The molecule has 3 heterocycles. The highest BCUT2D eigenvalue weighted by Crippen LogP contribution is 2.43. The van der Waals surface area contributed by atoms with Gasteiger partial charge in [0.2, 0.25) is 10.0 Å². The number of methoxy groups -OCH3 is 1. The number of piperazine rings is 1. The molecule has 5 rings (SSSR count). The fourth-order valence-corrected chi connectivity index (χ4v) is 5.92. The molecule has 40 heavy (non-hydrogen) atoms. The zero-order valence-electron chi connectivity index (χ0n) is 22.0. The van der Waals surface area contributed by atoms with E-state index in [1.54, 1.807) is 4.68 Å². The lowest BCUT2D eigenvalue weighted by Gasteiger charge is -2.37. The number of ether oxygens (including phenoxy) is 1. The number of halogens is 3.